The fourth-order valence-corrected chi connectivity index (χ4v) is 3.19. The van der Waals surface area contributed by atoms with Gasteiger partial charge in [-0.2, -0.15) is 5.10 Å². The Labute approximate surface area is 208 Å². The van der Waals surface area contributed by atoms with Crippen molar-refractivity contribution in [1.29, 1.82) is 0 Å². The molecular formula is C26H25ClN4O4. The summed E-state index contributed by atoms with van der Waals surface area (Å²) in [6.45, 7) is 3.72. The molecule has 0 fully saturated rings. The fourth-order valence-electron chi connectivity index (χ4n) is 3.01. The summed E-state index contributed by atoms with van der Waals surface area (Å²) in [5.74, 6) is -1.55. The molecule has 3 rings (SSSR count). The van der Waals surface area contributed by atoms with Crippen molar-refractivity contribution in [1.82, 2.24) is 5.43 Å². The van der Waals surface area contributed by atoms with Gasteiger partial charge in [0.2, 0.25) is 0 Å². The number of halogens is 1. The number of amides is 3. The Bertz CT molecular complexity index is 1240. The third-order valence-corrected chi connectivity index (χ3v) is 5.35. The van der Waals surface area contributed by atoms with Crippen molar-refractivity contribution in [2.75, 3.05) is 17.2 Å². The minimum Gasteiger partial charge on any atom is -0.484 e. The first kappa shape index (κ1) is 25.5. The summed E-state index contributed by atoms with van der Waals surface area (Å²) in [6, 6.07) is 19.3. The molecule has 35 heavy (non-hydrogen) atoms. The van der Waals surface area contributed by atoms with Gasteiger partial charge in [0, 0.05) is 16.4 Å². The Morgan fingerprint density at radius 1 is 0.971 bits per heavy atom. The lowest BCUT2D eigenvalue weighted by Crippen LogP contribution is -2.32. The number of carbonyl (C=O) groups is 3. The Balaban J connectivity index is 1.44. The first-order valence-corrected chi connectivity index (χ1v) is 11.2. The van der Waals surface area contributed by atoms with Crippen LogP contribution < -0.4 is 20.8 Å². The average Bonchev–Trinajstić information content (AvgIpc) is 2.86. The van der Waals surface area contributed by atoms with Crippen LogP contribution in [-0.4, -0.2) is 30.5 Å². The van der Waals surface area contributed by atoms with Crippen molar-refractivity contribution in [3.63, 3.8) is 0 Å². The molecule has 0 aliphatic rings. The number of rotatable bonds is 8. The Hall–Kier alpha value is -4.17. The molecule has 3 N–H and O–H groups in total. The zero-order valence-electron chi connectivity index (χ0n) is 19.3. The maximum absolute atomic E-state index is 12.2. The zero-order chi connectivity index (χ0) is 25.2. The number of aryl methyl sites for hydroxylation is 2. The summed E-state index contributed by atoms with van der Waals surface area (Å²) in [5.41, 5.74) is 5.91. The monoisotopic (exact) mass is 492 g/mol. The van der Waals surface area contributed by atoms with Gasteiger partial charge in [0.05, 0.1) is 6.21 Å². The van der Waals surface area contributed by atoms with Crippen LogP contribution in [0.4, 0.5) is 11.4 Å². The van der Waals surface area contributed by atoms with Gasteiger partial charge in [0.15, 0.2) is 6.61 Å². The van der Waals surface area contributed by atoms with Gasteiger partial charge in [-0.25, -0.2) is 5.43 Å². The van der Waals surface area contributed by atoms with E-state index in [0.717, 1.165) is 23.2 Å². The van der Waals surface area contributed by atoms with Crippen molar-refractivity contribution >= 4 is 46.9 Å². The first-order valence-electron chi connectivity index (χ1n) is 10.9. The van der Waals surface area contributed by atoms with Gasteiger partial charge >= 0.3 is 11.8 Å². The Morgan fingerprint density at radius 2 is 1.71 bits per heavy atom. The molecule has 0 aromatic heterocycles. The van der Waals surface area contributed by atoms with Crippen molar-refractivity contribution in [2.24, 2.45) is 5.10 Å². The van der Waals surface area contributed by atoms with Crippen LogP contribution in [0.1, 0.15) is 23.6 Å². The predicted molar refractivity (Wildman–Crippen MR) is 137 cm³/mol. The third-order valence-electron chi connectivity index (χ3n) is 4.94. The fraction of sp³-hybridized carbons (Fsp3) is 0.154. The zero-order valence-corrected chi connectivity index (χ0v) is 20.1. The molecule has 8 nitrogen and oxygen atoms in total. The van der Waals surface area contributed by atoms with Crippen LogP contribution in [0.3, 0.4) is 0 Å². The van der Waals surface area contributed by atoms with E-state index in [9.17, 15) is 14.4 Å². The van der Waals surface area contributed by atoms with Gasteiger partial charge in [0.25, 0.3) is 5.91 Å². The van der Waals surface area contributed by atoms with E-state index in [1.165, 1.54) is 6.21 Å². The molecule has 0 radical (unpaired) electrons. The maximum atomic E-state index is 12.2. The largest absolute Gasteiger partial charge is 0.484 e. The number of hydrogen-bond acceptors (Lipinski definition) is 5. The molecule has 0 aliphatic heterocycles. The SMILES string of the molecule is CCc1ccccc1NC(=O)COc1ccc(/C=N\NC(=O)C(=O)Nc2ccc(C)c(Cl)c2)cc1. The van der Waals surface area contributed by atoms with Gasteiger partial charge in [-0.1, -0.05) is 42.8 Å². The minimum absolute atomic E-state index is 0.136. The Kier molecular flexibility index (Phi) is 8.97. The smallest absolute Gasteiger partial charge is 0.329 e. The van der Waals surface area contributed by atoms with E-state index in [-0.39, 0.29) is 12.5 Å². The molecule has 0 spiro atoms. The molecule has 0 saturated carbocycles. The van der Waals surface area contributed by atoms with Crippen LogP contribution in [0.15, 0.2) is 71.8 Å². The van der Waals surface area contributed by atoms with E-state index in [2.05, 4.69) is 21.2 Å². The molecule has 9 heteroatoms. The number of anilines is 2. The molecule has 0 saturated heterocycles. The van der Waals surface area contributed by atoms with Gasteiger partial charge in [0.1, 0.15) is 5.75 Å². The van der Waals surface area contributed by atoms with Crippen molar-refractivity contribution in [3.05, 3.63) is 88.4 Å². The molecule has 0 bridgehead atoms. The van der Waals surface area contributed by atoms with E-state index < -0.39 is 11.8 Å². The van der Waals surface area contributed by atoms with E-state index >= 15 is 0 Å². The molecule has 3 aromatic rings. The van der Waals surface area contributed by atoms with Gasteiger partial charge in [-0.3, -0.25) is 14.4 Å². The number of ether oxygens (including phenoxy) is 1. The molecule has 3 aromatic carbocycles. The molecule has 0 aliphatic carbocycles. The lowest BCUT2D eigenvalue weighted by Gasteiger charge is -2.10. The van der Waals surface area contributed by atoms with Crippen LogP contribution >= 0.6 is 11.6 Å². The van der Waals surface area contributed by atoms with Crippen LogP contribution in [0.2, 0.25) is 5.02 Å². The average molecular weight is 493 g/mol. The molecule has 0 atom stereocenters. The summed E-state index contributed by atoms with van der Waals surface area (Å²) in [7, 11) is 0. The van der Waals surface area contributed by atoms with Crippen LogP contribution in [0.25, 0.3) is 0 Å². The molecule has 0 heterocycles. The topological polar surface area (TPSA) is 109 Å². The maximum Gasteiger partial charge on any atom is 0.329 e. The number of hydrogen-bond donors (Lipinski definition) is 3. The minimum atomic E-state index is -0.923. The van der Waals surface area contributed by atoms with E-state index in [0.29, 0.717) is 22.0 Å². The summed E-state index contributed by atoms with van der Waals surface area (Å²) in [6.07, 6.45) is 2.19. The molecular weight excluding hydrogens is 468 g/mol. The highest BCUT2D eigenvalue weighted by Gasteiger charge is 2.13. The molecule has 180 valence electrons. The van der Waals surface area contributed by atoms with E-state index in [1.807, 2.05) is 38.1 Å². The van der Waals surface area contributed by atoms with E-state index in [4.69, 9.17) is 16.3 Å². The van der Waals surface area contributed by atoms with Crippen LogP contribution in [0, 0.1) is 6.92 Å². The van der Waals surface area contributed by atoms with E-state index in [1.54, 1.807) is 42.5 Å². The first-order chi connectivity index (χ1) is 16.9. The van der Waals surface area contributed by atoms with Crippen molar-refractivity contribution < 1.29 is 19.1 Å². The number of benzene rings is 3. The number of para-hydroxylation sites is 1. The normalized spacial score (nSPS) is 10.6. The highest BCUT2D eigenvalue weighted by atomic mass is 35.5. The highest BCUT2D eigenvalue weighted by molar-refractivity contribution is 6.39. The second-order valence-electron chi connectivity index (χ2n) is 7.53. The molecule has 3 amide bonds. The number of nitrogens with one attached hydrogen (secondary N) is 3. The summed E-state index contributed by atoms with van der Waals surface area (Å²) in [4.78, 5) is 36.1. The van der Waals surface area contributed by atoms with Crippen LogP contribution in [-0.2, 0) is 20.8 Å². The molecule has 0 unspecified atom stereocenters. The number of hydrazone groups is 1. The lowest BCUT2D eigenvalue weighted by molar-refractivity contribution is -0.136. The highest BCUT2D eigenvalue weighted by Crippen LogP contribution is 2.20. The number of carbonyl (C=O) groups excluding carboxylic acids is 3. The second-order valence-corrected chi connectivity index (χ2v) is 7.94. The van der Waals surface area contributed by atoms with Gasteiger partial charge in [-0.05, 0) is 72.5 Å². The summed E-state index contributed by atoms with van der Waals surface area (Å²) < 4.78 is 5.53. The van der Waals surface area contributed by atoms with Crippen molar-refractivity contribution in [2.45, 2.75) is 20.3 Å². The Morgan fingerprint density at radius 3 is 2.43 bits per heavy atom. The third kappa shape index (κ3) is 7.68. The standard InChI is InChI=1S/C26H25ClN4O4/c1-3-19-6-4-5-7-23(19)30-24(32)16-35-21-12-9-18(10-13-21)15-28-31-26(34)25(33)29-20-11-8-17(2)22(27)14-20/h4-15H,3,16H2,1-2H3,(H,29,33)(H,30,32)(H,31,34)/b28-15-. The van der Waals surface area contributed by atoms with Gasteiger partial charge < -0.3 is 15.4 Å². The number of nitrogens with zero attached hydrogens (tertiary/aromatic N) is 1. The quantitative estimate of drug-likeness (QED) is 0.247. The predicted octanol–water partition coefficient (Wildman–Crippen LogP) is 4.32. The summed E-state index contributed by atoms with van der Waals surface area (Å²) >= 11 is 6.01. The van der Waals surface area contributed by atoms with Crippen LogP contribution in [0.5, 0.6) is 5.75 Å². The summed E-state index contributed by atoms with van der Waals surface area (Å²) in [5, 5.41) is 9.57. The lowest BCUT2D eigenvalue weighted by atomic mass is 10.1. The van der Waals surface area contributed by atoms with Gasteiger partial charge in [-0.15, -0.1) is 0 Å². The second kappa shape index (κ2) is 12.3. The van der Waals surface area contributed by atoms with Crippen molar-refractivity contribution in [3.8, 4) is 5.75 Å².